The number of nitrogens with zero attached hydrogens (tertiary/aromatic N) is 1. The van der Waals surface area contributed by atoms with Crippen molar-refractivity contribution in [3.8, 4) is 0 Å². The van der Waals surface area contributed by atoms with E-state index >= 15 is 0 Å². The van der Waals surface area contributed by atoms with Crippen LogP contribution in [0.25, 0.3) is 43.5 Å². The van der Waals surface area contributed by atoms with Crippen LogP contribution in [-0.2, 0) is 0 Å². The molecule has 3 heteroatoms. The predicted octanol–water partition coefficient (Wildman–Crippen LogP) is 10.7. The summed E-state index contributed by atoms with van der Waals surface area (Å²) in [5, 5.41) is 12.3. The van der Waals surface area contributed by atoms with Crippen molar-refractivity contribution in [1.29, 1.82) is 0 Å². The first kappa shape index (κ1) is 31.1. The van der Waals surface area contributed by atoms with Gasteiger partial charge in [-0.15, -0.1) is 0 Å². The fourth-order valence-electron chi connectivity index (χ4n) is 8.41. The van der Waals surface area contributed by atoms with Crippen LogP contribution in [0, 0.1) is 0 Å². The van der Waals surface area contributed by atoms with E-state index < -0.39 is 8.07 Å². The molecule has 53 heavy (non-hydrogen) atoms. The first-order valence-corrected chi connectivity index (χ1v) is 20.2. The third-order valence-corrected chi connectivity index (χ3v) is 15.5. The van der Waals surface area contributed by atoms with E-state index in [1.54, 1.807) is 0 Å². The summed E-state index contributed by atoms with van der Waals surface area (Å²) >= 11 is 0. The van der Waals surface area contributed by atoms with Gasteiger partial charge in [-0.2, -0.15) is 0 Å². The summed E-state index contributed by atoms with van der Waals surface area (Å²) in [5.41, 5.74) is 5.18. The van der Waals surface area contributed by atoms with Gasteiger partial charge in [-0.3, -0.25) is 0 Å². The molecule has 0 N–H and O–H groups in total. The third kappa shape index (κ3) is 5.08. The maximum absolute atomic E-state index is 6.46. The second-order valence-corrected chi connectivity index (χ2v) is 17.5. The van der Waals surface area contributed by atoms with Crippen molar-refractivity contribution in [1.82, 2.24) is 0 Å². The van der Waals surface area contributed by atoms with E-state index in [0.29, 0.717) is 0 Å². The molecule has 0 amide bonds. The normalized spacial score (nSPS) is 11.8. The van der Waals surface area contributed by atoms with E-state index in [-0.39, 0.29) is 0 Å². The van der Waals surface area contributed by atoms with Crippen LogP contribution in [0.4, 0.5) is 17.1 Å². The smallest absolute Gasteiger partial charge is 0.179 e. The Labute approximate surface area is 309 Å². The number of furan rings is 1. The SMILES string of the molecule is c1ccc([Si](c2ccccc2)(c2ccccc2)c2cccc(N(c3ccc4c(ccc5c6ccccc6oc45)c3)c3cccc4ccccc34)c2)cc1. The zero-order chi connectivity index (χ0) is 35.2. The van der Waals surface area contributed by atoms with Crippen LogP contribution in [0.3, 0.4) is 0 Å². The van der Waals surface area contributed by atoms with Gasteiger partial charge in [0, 0.05) is 32.9 Å². The Balaban J connectivity index is 1.24. The minimum Gasteiger partial charge on any atom is -0.455 e. The first-order valence-electron chi connectivity index (χ1n) is 18.2. The lowest BCUT2D eigenvalue weighted by Gasteiger charge is -2.35. The summed E-state index contributed by atoms with van der Waals surface area (Å²) < 4.78 is 6.46. The van der Waals surface area contributed by atoms with Gasteiger partial charge in [-0.25, -0.2) is 0 Å². The van der Waals surface area contributed by atoms with Crippen LogP contribution in [-0.4, -0.2) is 8.07 Å². The van der Waals surface area contributed by atoms with Crippen LogP contribution in [0.2, 0.25) is 0 Å². The van der Waals surface area contributed by atoms with Gasteiger partial charge in [0.1, 0.15) is 11.2 Å². The quantitative estimate of drug-likeness (QED) is 0.122. The minimum atomic E-state index is -2.76. The fourth-order valence-corrected chi connectivity index (χ4v) is 13.2. The molecule has 9 aromatic carbocycles. The minimum absolute atomic E-state index is 0.913. The topological polar surface area (TPSA) is 16.4 Å². The second-order valence-electron chi connectivity index (χ2n) is 13.7. The molecule has 1 aromatic heterocycles. The molecule has 0 bridgehead atoms. The monoisotopic (exact) mass is 693 g/mol. The Kier molecular flexibility index (Phi) is 7.52. The van der Waals surface area contributed by atoms with Crippen molar-refractivity contribution >= 4 is 89.4 Å². The molecular formula is C50H35NOSi. The van der Waals surface area contributed by atoms with E-state index in [1.165, 1.54) is 31.5 Å². The van der Waals surface area contributed by atoms with Gasteiger partial charge in [0.25, 0.3) is 0 Å². The maximum atomic E-state index is 6.46. The van der Waals surface area contributed by atoms with E-state index in [1.807, 2.05) is 6.07 Å². The highest BCUT2D eigenvalue weighted by atomic mass is 28.3. The number of fused-ring (bicyclic) bond motifs is 6. The Morgan fingerprint density at radius 2 is 0.887 bits per heavy atom. The van der Waals surface area contributed by atoms with E-state index in [9.17, 15) is 0 Å². The van der Waals surface area contributed by atoms with Gasteiger partial charge in [0.2, 0.25) is 0 Å². The third-order valence-electron chi connectivity index (χ3n) is 10.8. The number of hydrogen-bond acceptors (Lipinski definition) is 2. The van der Waals surface area contributed by atoms with Crippen molar-refractivity contribution in [3.63, 3.8) is 0 Å². The van der Waals surface area contributed by atoms with Gasteiger partial charge in [0.05, 0.1) is 5.69 Å². The summed E-state index contributed by atoms with van der Waals surface area (Å²) in [4.78, 5) is 2.44. The summed E-state index contributed by atoms with van der Waals surface area (Å²) in [5.74, 6) is 0. The summed E-state index contributed by atoms with van der Waals surface area (Å²) in [7, 11) is -2.76. The van der Waals surface area contributed by atoms with Crippen LogP contribution >= 0.6 is 0 Å². The lowest BCUT2D eigenvalue weighted by molar-refractivity contribution is 0.672. The number of anilines is 3. The largest absolute Gasteiger partial charge is 0.455 e. The molecule has 0 unspecified atom stereocenters. The van der Waals surface area contributed by atoms with Crippen molar-refractivity contribution in [2.75, 3.05) is 4.90 Å². The van der Waals surface area contributed by atoms with E-state index in [0.717, 1.165) is 49.8 Å². The van der Waals surface area contributed by atoms with Crippen molar-refractivity contribution in [3.05, 3.63) is 212 Å². The Hall–Kier alpha value is -6.68. The summed E-state index contributed by atoms with van der Waals surface area (Å²) in [6, 6.07) is 77.5. The molecule has 0 saturated heterocycles. The zero-order valence-corrected chi connectivity index (χ0v) is 30.1. The van der Waals surface area contributed by atoms with Crippen LogP contribution in [0.5, 0.6) is 0 Å². The highest BCUT2D eigenvalue weighted by molar-refractivity contribution is 7.19. The van der Waals surface area contributed by atoms with Crippen LogP contribution < -0.4 is 25.6 Å². The van der Waals surface area contributed by atoms with Gasteiger partial charge < -0.3 is 9.32 Å². The van der Waals surface area contributed by atoms with Crippen LogP contribution in [0.15, 0.2) is 217 Å². The number of para-hydroxylation sites is 1. The summed E-state index contributed by atoms with van der Waals surface area (Å²) in [6.07, 6.45) is 0. The number of rotatable bonds is 7. The van der Waals surface area contributed by atoms with Gasteiger partial charge >= 0.3 is 0 Å². The molecule has 0 atom stereocenters. The predicted molar refractivity (Wildman–Crippen MR) is 227 cm³/mol. The Morgan fingerprint density at radius 1 is 0.340 bits per heavy atom. The van der Waals surface area contributed by atoms with E-state index in [2.05, 4.69) is 211 Å². The average molecular weight is 694 g/mol. The van der Waals surface area contributed by atoms with Gasteiger partial charge in [-0.05, 0) is 80.1 Å². The lowest BCUT2D eigenvalue weighted by atomic mass is 10.0. The average Bonchev–Trinajstić information content (AvgIpc) is 3.62. The molecule has 250 valence electrons. The highest BCUT2D eigenvalue weighted by Gasteiger charge is 2.41. The van der Waals surface area contributed by atoms with Crippen molar-refractivity contribution < 1.29 is 4.42 Å². The molecule has 2 nitrogen and oxygen atoms in total. The number of benzene rings is 9. The van der Waals surface area contributed by atoms with Crippen LogP contribution in [0.1, 0.15) is 0 Å². The first-order chi connectivity index (χ1) is 26.3. The molecule has 0 aliphatic heterocycles. The zero-order valence-electron chi connectivity index (χ0n) is 29.1. The molecular weight excluding hydrogens is 659 g/mol. The molecule has 0 spiro atoms. The standard InChI is InChI=1S/C50H35NOSi/c1-4-19-40(20-5-1)53(41-21-6-2-7-22-41,42-23-8-3-9-24-42)43-25-15-18-38(35-43)51(48-28-14-17-36-16-10-11-26-44(36)48)39-31-33-45-37(34-39)30-32-47-46-27-12-13-29-49(46)52-50(45)47/h1-35H. The maximum Gasteiger partial charge on any atom is 0.179 e. The Bertz CT molecular complexity index is 2800. The van der Waals surface area contributed by atoms with E-state index in [4.69, 9.17) is 4.42 Å². The fraction of sp³-hybridized carbons (Fsp3) is 0. The molecule has 0 saturated carbocycles. The van der Waals surface area contributed by atoms with Crippen molar-refractivity contribution in [2.24, 2.45) is 0 Å². The lowest BCUT2D eigenvalue weighted by Crippen LogP contribution is -2.74. The Morgan fingerprint density at radius 3 is 1.60 bits per heavy atom. The van der Waals surface area contributed by atoms with Crippen molar-refractivity contribution in [2.45, 2.75) is 0 Å². The molecule has 1 heterocycles. The molecule has 0 radical (unpaired) electrons. The van der Waals surface area contributed by atoms with Gasteiger partial charge in [0.15, 0.2) is 8.07 Å². The molecule has 0 fully saturated rings. The molecule has 10 aromatic rings. The second kappa shape index (κ2) is 12.8. The molecule has 10 rings (SSSR count). The molecule has 0 aliphatic carbocycles. The molecule has 0 aliphatic rings. The highest BCUT2D eigenvalue weighted by Crippen LogP contribution is 2.41. The van der Waals surface area contributed by atoms with Gasteiger partial charge in [-0.1, -0.05) is 164 Å². The summed E-state index contributed by atoms with van der Waals surface area (Å²) in [6.45, 7) is 0. The number of hydrogen-bond donors (Lipinski definition) is 0.